The zero-order valence-corrected chi connectivity index (χ0v) is 22.9. The van der Waals surface area contributed by atoms with Gasteiger partial charge in [0.25, 0.3) is 0 Å². The summed E-state index contributed by atoms with van der Waals surface area (Å²) in [6, 6.07) is 6.58. The molecule has 0 spiro atoms. The van der Waals surface area contributed by atoms with Crippen LogP contribution < -0.4 is 15.4 Å². The predicted molar refractivity (Wildman–Crippen MR) is 141 cm³/mol. The van der Waals surface area contributed by atoms with Gasteiger partial charge in [-0.1, -0.05) is 43.0 Å². The third-order valence-electron chi connectivity index (χ3n) is 9.96. The summed E-state index contributed by atoms with van der Waals surface area (Å²) in [5.41, 5.74) is -2.03. The third kappa shape index (κ3) is 4.61. The van der Waals surface area contributed by atoms with E-state index in [0.717, 1.165) is 51.4 Å². The second-order valence-electron chi connectivity index (χ2n) is 12.8. The highest BCUT2D eigenvalue weighted by Crippen LogP contribution is 2.62. The van der Waals surface area contributed by atoms with Crippen molar-refractivity contribution in [2.45, 2.75) is 112 Å². The molecule has 7 nitrogen and oxygen atoms in total. The lowest BCUT2D eigenvalue weighted by Crippen LogP contribution is -2.71. The van der Waals surface area contributed by atoms with E-state index < -0.39 is 26.5 Å². The zero-order chi connectivity index (χ0) is 25.9. The highest BCUT2D eigenvalue weighted by Gasteiger charge is 2.62. The summed E-state index contributed by atoms with van der Waals surface area (Å²) in [7, 11) is -3.97. The minimum atomic E-state index is -3.97. The Morgan fingerprint density at radius 3 is 2.19 bits per heavy atom. The van der Waals surface area contributed by atoms with Gasteiger partial charge in [0.05, 0.1) is 10.4 Å². The molecule has 2 atom stereocenters. The van der Waals surface area contributed by atoms with Crippen LogP contribution in [0.1, 0.15) is 89.9 Å². The maximum atomic E-state index is 13.8. The summed E-state index contributed by atoms with van der Waals surface area (Å²) in [5.74, 6) is 0.788. The Balaban J connectivity index is 1.21. The number of nitrogens with one attached hydrogen (secondary N) is 3. The fourth-order valence-electron chi connectivity index (χ4n) is 8.50. The van der Waals surface area contributed by atoms with Crippen LogP contribution in [-0.2, 0) is 19.6 Å². The Labute approximate surface area is 224 Å². The number of benzene rings is 1. The Morgan fingerprint density at radius 2 is 1.57 bits per heavy atom. The van der Waals surface area contributed by atoms with Gasteiger partial charge in [0.15, 0.2) is 0 Å². The normalized spacial score (nSPS) is 34.5. The number of halogens is 1. The smallest absolute Gasteiger partial charge is 0.243 e. The first kappa shape index (κ1) is 25.6. The molecule has 6 aliphatic rings. The summed E-state index contributed by atoms with van der Waals surface area (Å²) >= 11 is 6.18. The van der Waals surface area contributed by atoms with Gasteiger partial charge in [0, 0.05) is 11.6 Å². The molecule has 202 valence electrons. The molecule has 2 amide bonds. The second-order valence-corrected chi connectivity index (χ2v) is 14.8. The van der Waals surface area contributed by atoms with Gasteiger partial charge in [-0.25, -0.2) is 8.42 Å². The van der Waals surface area contributed by atoms with Crippen LogP contribution in [0.3, 0.4) is 0 Å². The van der Waals surface area contributed by atoms with E-state index in [1.54, 1.807) is 12.1 Å². The number of rotatable bonds is 7. The van der Waals surface area contributed by atoms with Gasteiger partial charge in [-0.05, 0) is 94.6 Å². The first-order valence-electron chi connectivity index (χ1n) is 14.0. The molecule has 4 bridgehead atoms. The summed E-state index contributed by atoms with van der Waals surface area (Å²) in [6.07, 6.45) is 12.8. The molecule has 0 aliphatic heterocycles. The molecule has 1 aromatic rings. The molecular formula is C28H38ClN3O4S. The quantitative estimate of drug-likeness (QED) is 0.469. The Hall–Kier alpha value is -1.64. The van der Waals surface area contributed by atoms with Crippen LogP contribution in [0, 0.1) is 17.3 Å². The van der Waals surface area contributed by atoms with Crippen molar-refractivity contribution in [1.29, 1.82) is 0 Å². The molecule has 0 radical (unpaired) electrons. The molecule has 3 N–H and O–H groups in total. The molecular weight excluding hydrogens is 510 g/mol. The molecule has 1 aromatic carbocycles. The van der Waals surface area contributed by atoms with Gasteiger partial charge >= 0.3 is 0 Å². The van der Waals surface area contributed by atoms with Crippen molar-refractivity contribution in [2.24, 2.45) is 17.3 Å². The van der Waals surface area contributed by atoms with Crippen molar-refractivity contribution in [3.05, 3.63) is 29.3 Å². The van der Waals surface area contributed by atoms with Crippen molar-refractivity contribution in [3.63, 3.8) is 0 Å². The van der Waals surface area contributed by atoms with E-state index in [-0.39, 0.29) is 27.8 Å². The van der Waals surface area contributed by atoms with Crippen molar-refractivity contribution in [1.82, 2.24) is 15.4 Å². The third-order valence-corrected chi connectivity index (χ3v) is 12.0. The Morgan fingerprint density at radius 1 is 0.892 bits per heavy atom. The predicted octanol–water partition coefficient (Wildman–Crippen LogP) is 4.45. The molecule has 6 saturated carbocycles. The fraction of sp³-hybridized carbons (Fsp3) is 0.714. The average molecular weight is 548 g/mol. The van der Waals surface area contributed by atoms with E-state index in [1.165, 1.54) is 31.4 Å². The SMILES string of the molecule is O=C(NC1CCCCC1)C12CC3CC(CC(NC(=O)C4(NS(=O)(=O)c5ccccc5Cl)CCC4)(C3)C1)C2. The molecule has 0 aromatic heterocycles. The van der Waals surface area contributed by atoms with E-state index in [2.05, 4.69) is 15.4 Å². The molecule has 6 aliphatic carbocycles. The van der Waals surface area contributed by atoms with Crippen LogP contribution in [0.15, 0.2) is 29.2 Å². The number of sulfonamides is 1. The molecule has 0 saturated heterocycles. The first-order chi connectivity index (χ1) is 17.6. The monoisotopic (exact) mass is 547 g/mol. The van der Waals surface area contributed by atoms with Crippen LogP contribution in [-0.4, -0.2) is 37.4 Å². The van der Waals surface area contributed by atoms with Crippen LogP contribution >= 0.6 is 11.6 Å². The topological polar surface area (TPSA) is 104 Å². The van der Waals surface area contributed by atoms with E-state index in [9.17, 15) is 18.0 Å². The van der Waals surface area contributed by atoms with Gasteiger partial charge in [0.1, 0.15) is 10.4 Å². The molecule has 7 rings (SSSR count). The average Bonchev–Trinajstić information content (AvgIpc) is 2.81. The van der Waals surface area contributed by atoms with Gasteiger partial charge in [-0.15, -0.1) is 0 Å². The van der Waals surface area contributed by atoms with Crippen molar-refractivity contribution < 1.29 is 18.0 Å². The van der Waals surface area contributed by atoms with Crippen molar-refractivity contribution in [2.75, 3.05) is 0 Å². The minimum Gasteiger partial charge on any atom is -0.353 e. The number of amides is 2. The molecule has 9 heteroatoms. The van der Waals surface area contributed by atoms with Gasteiger partial charge in [-0.2, -0.15) is 4.72 Å². The highest BCUT2D eigenvalue weighted by molar-refractivity contribution is 7.89. The van der Waals surface area contributed by atoms with Crippen LogP contribution in [0.2, 0.25) is 5.02 Å². The first-order valence-corrected chi connectivity index (χ1v) is 15.9. The molecule has 37 heavy (non-hydrogen) atoms. The lowest BCUT2D eigenvalue weighted by atomic mass is 9.46. The summed E-state index contributed by atoms with van der Waals surface area (Å²) in [5, 5.41) is 6.89. The number of hydrogen-bond acceptors (Lipinski definition) is 4. The number of carbonyl (C=O) groups is 2. The van der Waals surface area contributed by atoms with E-state index in [0.29, 0.717) is 31.1 Å². The van der Waals surface area contributed by atoms with Crippen LogP contribution in [0.25, 0.3) is 0 Å². The van der Waals surface area contributed by atoms with Crippen LogP contribution in [0.4, 0.5) is 0 Å². The van der Waals surface area contributed by atoms with Gasteiger partial charge < -0.3 is 10.6 Å². The lowest BCUT2D eigenvalue weighted by molar-refractivity contribution is -0.156. The highest BCUT2D eigenvalue weighted by atomic mass is 35.5. The summed E-state index contributed by atoms with van der Waals surface area (Å²) in [4.78, 5) is 27.5. The van der Waals surface area contributed by atoms with Crippen molar-refractivity contribution >= 4 is 33.4 Å². The summed E-state index contributed by atoms with van der Waals surface area (Å²) in [6.45, 7) is 0. The van der Waals surface area contributed by atoms with Crippen molar-refractivity contribution in [3.8, 4) is 0 Å². The molecule has 2 unspecified atom stereocenters. The molecule has 6 fully saturated rings. The largest absolute Gasteiger partial charge is 0.353 e. The van der Waals surface area contributed by atoms with Gasteiger partial charge in [0.2, 0.25) is 21.8 Å². The lowest BCUT2D eigenvalue weighted by Gasteiger charge is -2.62. The second kappa shape index (κ2) is 9.23. The zero-order valence-electron chi connectivity index (χ0n) is 21.4. The van der Waals surface area contributed by atoms with Crippen LogP contribution in [0.5, 0.6) is 0 Å². The Kier molecular flexibility index (Phi) is 6.39. The molecule has 0 heterocycles. The maximum Gasteiger partial charge on any atom is 0.243 e. The van der Waals surface area contributed by atoms with Gasteiger partial charge in [-0.3, -0.25) is 9.59 Å². The standard InChI is InChI=1S/C28H38ClN3O4S/c29-22-9-4-5-10-23(22)37(35,36)32-28(11-6-12-28)25(34)31-27-16-19-13-20(17-27)15-26(14-19,18-27)24(33)30-21-7-2-1-3-8-21/h4-5,9-10,19-21,32H,1-3,6-8,11-18H2,(H,30,33)(H,31,34). The van der Waals surface area contributed by atoms with E-state index in [4.69, 9.17) is 11.6 Å². The number of carbonyl (C=O) groups excluding carboxylic acids is 2. The van der Waals surface area contributed by atoms with E-state index in [1.807, 2.05) is 0 Å². The maximum absolute atomic E-state index is 13.8. The summed E-state index contributed by atoms with van der Waals surface area (Å²) < 4.78 is 29.2. The Bertz CT molecular complexity index is 1180. The fourth-order valence-corrected chi connectivity index (χ4v) is 10.4. The minimum absolute atomic E-state index is 0.0103. The number of hydrogen-bond donors (Lipinski definition) is 3. The van der Waals surface area contributed by atoms with E-state index >= 15 is 0 Å².